The topological polar surface area (TPSA) is 56.5 Å². The van der Waals surface area contributed by atoms with E-state index >= 15 is 0 Å². The van der Waals surface area contributed by atoms with Crippen LogP contribution in [0.5, 0.6) is 0 Å². The number of pyridine rings is 3. The van der Waals surface area contributed by atoms with E-state index in [0.717, 1.165) is 104 Å². The molecule has 0 aliphatic rings. The van der Waals surface area contributed by atoms with Crippen LogP contribution in [0.3, 0.4) is 0 Å². The molecule has 7 aromatic carbocycles. The van der Waals surface area contributed by atoms with Crippen molar-refractivity contribution in [2.45, 2.75) is 25.7 Å². The first-order chi connectivity index (χ1) is 33.2. The predicted molar refractivity (Wildman–Crippen MR) is 271 cm³/mol. The molecule has 11 aromatic rings. The molecule has 0 aliphatic carbocycles. The smallest absolute Gasteiger partial charge is 0.305 e. The molecule has 0 amide bonds. The minimum Gasteiger partial charge on any atom is -0.305 e. The van der Waals surface area contributed by atoms with Crippen LogP contribution in [-0.4, -0.2) is 24.7 Å². The summed E-state index contributed by atoms with van der Waals surface area (Å²) in [4.78, 5) is 13.8. The van der Waals surface area contributed by atoms with Crippen molar-refractivity contribution in [3.63, 3.8) is 0 Å². The largest absolute Gasteiger partial charge is 3.00 e. The Kier molecular flexibility index (Phi) is 13.1. The SMILES string of the molecule is [Ir+3].[c-]1cc(CCc2cc(CCc3c[c-]c(-c4ccccn4)cc3)cc(-c3c4ccccc4nn3-c3c[c-]c(-c4ccccn4)cc3-c3ccc(-c4ccccc4)cc3)c2)ccc1-c1ccccn1. The number of aryl methyl sites for hydroxylation is 4. The number of fused-ring (bicyclic) bond motifs is 1. The van der Waals surface area contributed by atoms with E-state index in [1.165, 1.54) is 27.8 Å². The maximum absolute atomic E-state index is 5.39. The molecule has 68 heavy (non-hydrogen) atoms. The summed E-state index contributed by atoms with van der Waals surface area (Å²) in [5, 5.41) is 6.48. The fraction of sp³-hybridized carbons (Fsp3) is 0.0645. The van der Waals surface area contributed by atoms with Crippen LogP contribution in [-0.2, 0) is 45.8 Å². The van der Waals surface area contributed by atoms with Gasteiger partial charge in [0.1, 0.15) is 0 Å². The van der Waals surface area contributed by atoms with Crippen molar-refractivity contribution in [3.05, 3.63) is 259 Å². The fourth-order valence-electron chi connectivity index (χ4n) is 8.87. The van der Waals surface area contributed by atoms with Gasteiger partial charge in [0.05, 0.1) is 11.2 Å². The number of aromatic nitrogens is 5. The van der Waals surface area contributed by atoms with Gasteiger partial charge in [-0.05, 0) is 99.8 Å². The van der Waals surface area contributed by atoms with Gasteiger partial charge >= 0.3 is 20.1 Å². The second-order valence-electron chi connectivity index (χ2n) is 16.8. The van der Waals surface area contributed by atoms with Gasteiger partial charge in [-0.15, -0.1) is 94.5 Å². The van der Waals surface area contributed by atoms with Crippen molar-refractivity contribution >= 4 is 10.9 Å². The first-order valence-corrected chi connectivity index (χ1v) is 22.8. The molecule has 4 heterocycles. The molecule has 4 aromatic heterocycles. The Morgan fingerprint density at radius 1 is 0.382 bits per heavy atom. The van der Waals surface area contributed by atoms with Gasteiger partial charge in [0, 0.05) is 29.5 Å². The van der Waals surface area contributed by atoms with Crippen molar-refractivity contribution < 1.29 is 20.1 Å². The molecule has 0 spiro atoms. The monoisotopic (exact) mass is 1050 g/mol. The Morgan fingerprint density at radius 2 is 0.882 bits per heavy atom. The molecule has 0 saturated carbocycles. The van der Waals surface area contributed by atoms with Gasteiger partial charge in [-0.25, -0.2) is 0 Å². The zero-order valence-electron chi connectivity index (χ0n) is 37.2. The van der Waals surface area contributed by atoms with Crippen LogP contribution in [0.2, 0.25) is 0 Å². The molecule has 11 rings (SSSR count). The molecule has 0 bridgehead atoms. The minimum atomic E-state index is 0. The van der Waals surface area contributed by atoms with Gasteiger partial charge in [0.2, 0.25) is 0 Å². The van der Waals surface area contributed by atoms with Gasteiger partial charge in [-0.3, -0.25) is 4.68 Å². The third-order valence-electron chi connectivity index (χ3n) is 12.3. The van der Waals surface area contributed by atoms with Crippen LogP contribution in [0, 0.1) is 18.2 Å². The molecule has 326 valence electrons. The van der Waals surface area contributed by atoms with Crippen LogP contribution >= 0.6 is 0 Å². The Labute approximate surface area is 411 Å². The van der Waals surface area contributed by atoms with E-state index in [1.54, 1.807) is 0 Å². The van der Waals surface area contributed by atoms with Gasteiger partial charge in [-0.2, -0.15) is 5.10 Å². The summed E-state index contributed by atoms with van der Waals surface area (Å²) in [5.74, 6) is 0. The molecule has 0 aliphatic heterocycles. The summed E-state index contributed by atoms with van der Waals surface area (Å²) in [6.07, 6.45) is 8.96. The Hall–Kier alpha value is -7.89. The van der Waals surface area contributed by atoms with Gasteiger partial charge < -0.3 is 15.0 Å². The first-order valence-electron chi connectivity index (χ1n) is 22.8. The Bertz CT molecular complexity index is 3310. The van der Waals surface area contributed by atoms with Crippen molar-refractivity contribution in [1.82, 2.24) is 24.7 Å². The zero-order chi connectivity index (χ0) is 44.8. The summed E-state index contributed by atoms with van der Waals surface area (Å²) < 4.78 is 2.14. The van der Waals surface area contributed by atoms with Gasteiger partial charge in [0.25, 0.3) is 0 Å². The predicted octanol–water partition coefficient (Wildman–Crippen LogP) is 14.2. The number of rotatable bonds is 13. The Balaban J connectivity index is 0.00000539. The summed E-state index contributed by atoms with van der Waals surface area (Å²) in [6.45, 7) is 0. The van der Waals surface area contributed by atoms with E-state index in [9.17, 15) is 0 Å². The second-order valence-corrected chi connectivity index (χ2v) is 16.8. The number of hydrogen-bond acceptors (Lipinski definition) is 4. The number of nitrogens with zero attached hydrogens (tertiary/aromatic N) is 5. The molecule has 0 fully saturated rings. The maximum atomic E-state index is 5.39. The summed E-state index contributed by atoms with van der Waals surface area (Å²) >= 11 is 0. The third kappa shape index (κ3) is 9.65. The average Bonchev–Trinajstić information content (AvgIpc) is 3.80. The molecule has 5 nitrogen and oxygen atoms in total. The van der Waals surface area contributed by atoms with E-state index in [-0.39, 0.29) is 20.1 Å². The zero-order valence-corrected chi connectivity index (χ0v) is 39.6. The van der Waals surface area contributed by atoms with Crippen molar-refractivity contribution in [2.24, 2.45) is 0 Å². The van der Waals surface area contributed by atoms with E-state index in [1.807, 2.05) is 73.2 Å². The quantitative estimate of drug-likeness (QED) is 0.108. The molecule has 0 saturated heterocycles. The van der Waals surface area contributed by atoms with Gasteiger partial charge in [-0.1, -0.05) is 134 Å². The molecule has 6 heteroatoms. The second kappa shape index (κ2) is 20.3. The number of benzene rings is 7. The summed E-state index contributed by atoms with van der Waals surface area (Å²) in [6, 6.07) is 80.7. The molecular formula is C62H44IrN5. The van der Waals surface area contributed by atoms with Crippen LogP contribution in [0.15, 0.2) is 219 Å². The molecule has 0 N–H and O–H groups in total. The Morgan fingerprint density at radius 3 is 1.44 bits per heavy atom. The molecule has 0 radical (unpaired) electrons. The normalized spacial score (nSPS) is 11.1. The van der Waals surface area contributed by atoms with Crippen molar-refractivity contribution in [1.29, 1.82) is 0 Å². The van der Waals surface area contributed by atoms with Crippen LogP contribution in [0.1, 0.15) is 22.3 Å². The van der Waals surface area contributed by atoms with Crippen LogP contribution < -0.4 is 0 Å². The molecule has 0 atom stereocenters. The van der Waals surface area contributed by atoms with Crippen molar-refractivity contribution in [3.8, 4) is 73.0 Å². The third-order valence-corrected chi connectivity index (χ3v) is 12.3. The summed E-state index contributed by atoms with van der Waals surface area (Å²) in [7, 11) is 0. The van der Waals surface area contributed by atoms with Gasteiger partial charge in [0.15, 0.2) is 0 Å². The molecule has 0 unspecified atom stereocenters. The molecular weight excluding hydrogens is 1010 g/mol. The first kappa shape index (κ1) is 44.0. The maximum Gasteiger partial charge on any atom is 3.00 e. The fourth-order valence-corrected chi connectivity index (χ4v) is 8.87. The van der Waals surface area contributed by atoms with E-state index in [0.29, 0.717) is 0 Å². The number of hydrogen-bond donors (Lipinski definition) is 0. The van der Waals surface area contributed by atoms with E-state index in [4.69, 9.17) is 10.1 Å². The van der Waals surface area contributed by atoms with E-state index in [2.05, 4.69) is 178 Å². The minimum absolute atomic E-state index is 0. The van der Waals surface area contributed by atoms with Crippen molar-refractivity contribution in [2.75, 3.05) is 0 Å². The van der Waals surface area contributed by atoms with E-state index < -0.39 is 0 Å². The standard InChI is InChI=1S/C62H44N5.Ir/c1-2-12-48(13-3-1)49-31-33-50(34-32-49)56-43-53(59-17-8-11-39-65-59)35-36-61(56)67-62(55-14-4-5-18-60(55)66-67)54-41-46(21-19-44-23-27-51(28-24-44)57-15-6-9-37-63-57)40-47(42-54)22-20-45-25-29-52(30-26-45)58-16-7-10-38-64-58;/h1-18,23-27,29,31-34,36-43H,19-22H2;/q-3;+3. The van der Waals surface area contributed by atoms with Crippen LogP contribution in [0.4, 0.5) is 0 Å². The average molecular weight is 1050 g/mol. The summed E-state index contributed by atoms with van der Waals surface area (Å²) in [5.41, 5.74) is 19.1. The van der Waals surface area contributed by atoms with Crippen LogP contribution in [0.25, 0.3) is 83.9 Å².